The van der Waals surface area contributed by atoms with E-state index in [1.807, 2.05) is 0 Å². The third-order valence-electron chi connectivity index (χ3n) is 0.979. The van der Waals surface area contributed by atoms with Crippen LogP contribution in [0.1, 0.15) is 6.92 Å². The molecule has 13 heavy (non-hydrogen) atoms. The number of methoxy groups -OCH3 is 1. The molecule has 0 radical (unpaired) electrons. The Balaban J connectivity index is 3.98. The highest BCUT2D eigenvalue weighted by Crippen LogP contribution is 2.42. The quantitative estimate of drug-likeness (QED) is 0.555. The van der Waals surface area contributed by atoms with Crippen LogP contribution in [0.3, 0.4) is 0 Å². The van der Waals surface area contributed by atoms with Crippen LogP contribution in [-0.2, 0) is 13.8 Å². The Morgan fingerprint density at radius 1 is 1.62 bits per heavy atom. The summed E-state index contributed by atoms with van der Waals surface area (Å²) in [6.07, 6.45) is 1.29. The highest BCUT2D eigenvalue weighted by molar-refractivity contribution is 7.56. The first-order chi connectivity index (χ1) is 6.12. The van der Waals surface area contributed by atoms with E-state index in [1.165, 1.54) is 13.2 Å². The lowest BCUT2D eigenvalue weighted by molar-refractivity contribution is 0.240. The van der Waals surface area contributed by atoms with E-state index in [0.717, 1.165) is 5.82 Å². The minimum atomic E-state index is -3.57. The molecule has 5 heteroatoms. The fourth-order valence-corrected chi connectivity index (χ4v) is 1.25. The van der Waals surface area contributed by atoms with Crippen molar-refractivity contribution in [1.29, 1.82) is 0 Å². The average Bonchev–Trinajstić information content (AvgIpc) is 2.04. The van der Waals surface area contributed by atoms with E-state index < -0.39 is 7.60 Å². The molecule has 1 unspecified atom stereocenters. The first-order valence-corrected chi connectivity index (χ1v) is 5.39. The van der Waals surface area contributed by atoms with Gasteiger partial charge in [-0.3, -0.25) is 4.57 Å². The van der Waals surface area contributed by atoms with Gasteiger partial charge in [-0.15, -0.1) is 0 Å². The second kappa shape index (κ2) is 6.88. The van der Waals surface area contributed by atoms with Crippen molar-refractivity contribution in [3.63, 3.8) is 0 Å². The van der Waals surface area contributed by atoms with Gasteiger partial charge in [0.15, 0.2) is 0 Å². The molecule has 0 saturated heterocycles. The van der Waals surface area contributed by atoms with Crippen LogP contribution in [0.25, 0.3) is 0 Å². The summed E-state index contributed by atoms with van der Waals surface area (Å²) in [6, 6.07) is 0. The molecular formula is C8H13O4P. The van der Waals surface area contributed by atoms with Gasteiger partial charge in [-0.1, -0.05) is 11.8 Å². The molecular weight excluding hydrogens is 191 g/mol. The second-order valence-electron chi connectivity index (χ2n) is 2.05. The molecule has 0 aromatic rings. The summed E-state index contributed by atoms with van der Waals surface area (Å²) in [4.78, 5) is 9.02. The molecule has 0 rings (SSSR count). The summed E-state index contributed by atoms with van der Waals surface area (Å²) in [5.74, 6) is 6.19. The van der Waals surface area contributed by atoms with Crippen molar-refractivity contribution in [1.82, 2.24) is 0 Å². The minimum Gasteiger partial charge on any atom is -0.372 e. The van der Waals surface area contributed by atoms with Gasteiger partial charge in [0.25, 0.3) is 0 Å². The summed E-state index contributed by atoms with van der Waals surface area (Å²) >= 11 is 0. The van der Waals surface area contributed by atoms with E-state index in [0.29, 0.717) is 6.61 Å². The van der Waals surface area contributed by atoms with Gasteiger partial charge in [0.2, 0.25) is 0 Å². The molecule has 1 N–H and O–H groups in total. The fourth-order valence-electron chi connectivity index (χ4n) is 0.532. The van der Waals surface area contributed by atoms with Gasteiger partial charge < -0.3 is 14.2 Å². The minimum absolute atomic E-state index is 0.198. The first kappa shape index (κ1) is 12.4. The Hall–Kier alpha value is -0.590. The molecule has 0 aliphatic rings. The van der Waals surface area contributed by atoms with Crippen LogP contribution in [0, 0.1) is 11.8 Å². The maximum atomic E-state index is 11.0. The first-order valence-electron chi connectivity index (χ1n) is 3.74. The molecule has 0 bridgehead atoms. The van der Waals surface area contributed by atoms with Crippen molar-refractivity contribution in [2.75, 3.05) is 20.3 Å². The monoisotopic (exact) mass is 204 g/mol. The largest absolute Gasteiger partial charge is 0.372 e. The molecule has 0 amide bonds. The summed E-state index contributed by atoms with van der Waals surface area (Å²) in [5.41, 5.74) is 0. The Bertz CT molecular complexity index is 261. The summed E-state index contributed by atoms with van der Waals surface area (Å²) < 4.78 is 20.2. The average molecular weight is 204 g/mol. The van der Waals surface area contributed by atoms with Crippen LogP contribution in [0.15, 0.2) is 11.9 Å². The molecule has 0 aliphatic carbocycles. The number of ether oxygens (including phenoxy) is 1. The zero-order valence-corrected chi connectivity index (χ0v) is 8.58. The summed E-state index contributed by atoms with van der Waals surface area (Å²) in [6.45, 7) is 2.14. The Kier molecular flexibility index (Phi) is 6.56. The molecule has 74 valence electrons. The summed E-state index contributed by atoms with van der Waals surface area (Å²) in [7, 11) is -2.04. The Morgan fingerprint density at radius 2 is 2.31 bits per heavy atom. The molecule has 0 aromatic carbocycles. The number of rotatable bonds is 4. The molecule has 4 nitrogen and oxygen atoms in total. The van der Waals surface area contributed by atoms with Crippen molar-refractivity contribution >= 4 is 7.60 Å². The van der Waals surface area contributed by atoms with Gasteiger partial charge in [0, 0.05) is 12.9 Å². The molecule has 0 aliphatic heterocycles. The fraction of sp³-hybridized carbons (Fsp3) is 0.500. The Morgan fingerprint density at radius 3 is 2.85 bits per heavy atom. The van der Waals surface area contributed by atoms with Gasteiger partial charge in [-0.05, 0) is 13.0 Å². The highest BCUT2D eigenvalue weighted by Gasteiger charge is 2.11. The van der Waals surface area contributed by atoms with E-state index in [1.54, 1.807) is 6.92 Å². The molecule has 0 spiro atoms. The second-order valence-corrected chi connectivity index (χ2v) is 3.74. The lowest BCUT2D eigenvalue weighted by atomic mass is 10.6. The van der Waals surface area contributed by atoms with Crippen LogP contribution in [0.2, 0.25) is 0 Å². The maximum absolute atomic E-state index is 11.0. The predicted octanol–water partition coefficient (Wildman–Crippen LogP) is 1.37. The number of hydrogen-bond acceptors (Lipinski definition) is 3. The maximum Gasteiger partial charge on any atom is 0.352 e. The van der Waals surface area contributed by atoms with Crippen molar-refractivity contribution < 1.29 is 18.7 Å². The Labute approximate surface area is 78.1 Å². The van der Waals surface area contributed by atoms with Gasteiger partial charge in [0.05, 0.1) is 6.61 Å². The van der Waals surface area contributed by atoms with Gasteiger partial charge in [0.1, 0.15) is 6.61 Å². The van der Waals surface area contributed by atoms with E-state index in [2.05, 4.69) is 21.1 Å². The molecule has 1 atom stereocenters. The van der Waals surface area contributed by atoms with Crippen molar-refractivity contribution in [2.24, 2.45) is 0 Å². The topological polar surface area (TPSA) is 55.8 Å². The molecule has 0 saturated carbocycles. The molecule has 0 heterocycles. The lowest BCUT2D eigenvalue weighted by Gasteiger charge is -2.02. The molecule has 0 aromatic heterocycles. The third kappa shape index (κ3) is 7.76. The van der Waals surface area contributed by atoms with Crippen LogP contribution < -0.4 is 0 Å². The highest BCUT2D eigenvalue weighted by atomic mass is 31.2. The van der Waals surface area contributed by atoms with Crippen LogP contribution in [-0.4, -0.2) is 25.2 Å². The third-order valence-corrected chi connectivity index (χ3v) is 2.13. The van der Waals surface area contributed by atoms with Crippen molar-refractivity contribution in [3.05, 3.63) is 11.9 Å². The van der Waals surface area contributed by atoms with Crippen molar-refractivity contribution in [3.8, 4) is 11.8 Å². The van der Waals surface area contributed by atoms with Crippen LogP contribution >= 0.6 is 7.60 Å². The van der Waals surface area contributed by atoms with E-state index in [-0.39, 0.29) is 6.61 Å². The lowest BCUT2D eigenvalue weighted by Crippen LogP contribution is -1.84. The zero-order valence-electron chi connectivity index (χ0n) is 7.69. The van der Waals surface area contributed by atoms with E-state index in [4.69, 9.17) is 4.89 Å². The van der Waals surface area contributed by atoms with Gasteiger partial charge in [-0.2, -0.15) is 0 Å². The zero-order chi connectivity index (χ0) is 10.2. The standard InChI is InChI=1S/C8H13O4P/c1-3-12-13(9,10)8-6-4-5-7-11-2/h6,8H,3,7H2,1-2H3,(H,9,10)/b8-6-. The van der Waals surface area contributed by atoms with Crippen LogP contribution in [0.5, 0.6) is 0 Å². The van der Waals surface area contributed by atoms with Crippen molar-refractivity contribution in [2.45, 2.75) is 6.92 Å². The normalized spacial score (nSPS) is 15.0. The SMILES string of the molecule is CCOP(=O)(O)/C=C\C#CCOC. The number of hydrogen-bond donors (Lipinski definition) is 1. The van der Waals surface area contributed by atoms with Gasteiger partial charge >= 0.3 is 7.60 Å². The number of allylic oxidation sites excluding steroid dienone is 1. The van der Waals surface area contributed by atoms with E-state index >= 15 is 0 Å². The predicted molar refractivity (Wildman–Crippen MR) is 50.2 cm³/mol. The van der Waals surface area contributed by atoms with Gasteiger partial charge in [-0.25, -0.2) is 0 Å². The van der Waals surface area contributed by atoms with E-state index in [9.17, 15) is 4.57 Å². The smallest absolute Gasteiger partial charge is 0.352 e. The van der Waals surface area contributed by atoms with Crippen LogP contribution in [0.4, 0.5) is 0 Å². The summed E-state index contributed by atoms with van der Waals surface area (Å²) in [5, 5.41) is 0. The molecule has 0 fully saturated rings.